The Morgan fingerprint density at radius 2 is 2.18 bits per heavy atom. The van der Waals surface area contributed by atoms with Crippen molar-refractivity contribution in [3.05, 3.63) is 29.3 Å². The van der Waals surface area contributed by atoms with Gasteiger partial charge in [0.05, 0.1) is 0 Å². The third-order valence-corrected chi connectivity index (χ3v) is 3.20. The molecule has 2 rings (SSSR count). The summed E-state index contributed by atoms with van der Waals surface area (Å²) in [7, 11) is 0. The van der Waals surface area contributed by atoms with Gasteiger partial charge in [-0.25, -0.2) is 0 Å². The predicted octanol–water partition coefficient (Wildman–Crippen LogP) is 2.59. The van der Waals surface area contributed by atoms with Crippen LogP contribution in [0.15, 0.2) is 24.3 Å². The minimum atomic E-state index is 0.0595. The summed E-state index contributed by atoms with van der Waals surface area (Å²) >= 11 is 5.76. The number of hydrogen-bond acceptors (Lipinski definition) is 2. The van der Waals surface area contributed by atoms with Crippen molar-refractivity contribution >= 4 is 17.5 Å². The summed E-state index contributed by atoms with van der Waals surface area (Å²) in [5.41, 5.74) is 0. The number of benzene rings is 1. The average molecular weight is 254 g/mol. The minimum Gasteiger partial charge on any atom is -0.484 e. The molecule has 1 aromatic carbocycles. The third kappa shape index (κ3) is 3.37. The molecule has 1 fully saturated rings. The van der Waals surface area contributed by atoms with Crippen LogP contribution >= 0.6 is 11.6 Å². The Bertz CT molecular complexity index is 391. The van der Waals surface area contributed by atoms with Crippen molar-refractivity contribution in [1.82, 2.24) is 4.90 Å². The monoisotopic (exact) mass is 253 g/mol. The normalized spacial score (nSPS) is 19.4. The Morgan fingerprint density at radius 3 is 2.76 bits per heavy atom. The van der Waals surface area contributed by atoms with Gasteiger partial charge >= 0.3 is 0 Å². The molecule has 0 radical (unpaired) electrons. The molecule has 1 saturated heterocycles. The summed E-state index contributed by atoms with van der Waals surface area (Å²) in [5.74, 6) is 1.34. The first-order valence-electron chi connectivity index (χ1n) is 5.81. The van der Waals surface area contributed by atoms with E-state index in [1.807, 2.05) is 4.90 Å². The molecule has 0 aliphatic carbocycles. The Morgan fingerprint density at radius 1 is 1.47 bits per heavy atom. The van der Waals surface area contributed by atoms with Crippen molar-refractivity contribution in [2.24, 2.45) is 5.92 Å². The fourth-order valence-corrected chi connectivity index (χ4v) is 2.05. The molecule has 92 valence electrons. The quantitative estimate of drug-likeness (QED) is 0.829. The molecule has 1 aromatic rings. The zero-order valence-electron chi connectivity index (χ0n) is 9.86. The van der Waals surface area contributed by atoms with E-state index >= 15 is 0 Å². The van der Waals surface area contributed by atoms with Crippen LogP contribution in [0.1, 0.15) is 13.3 Å². The average Bonchev–Trinajstić information content (AvgIpc) is 2.75. The maximum atomic E-state index is 11.8. The maximum absolute atomic E-state index is 11.8. The van der Waals surface area contributed by atoms with Crippen molar-refractivity contribution in [3.8, 4) is 5.75 Å². The number of hydrogen-bond donors (Lipinski definition) is 0. The largest absolute Gasteiger partial charge is 0.484 e. The van der Waals surface area contributed by atoms with Crippen molar-refractivity contribution in [2.45, 2.75) is 13.3 Å². The van der Waals surface area contributed by atoms with Gasteiger partial charge in [-0.05, 0) is 36.6 Å². The molecule has 0 saturated carbocycles. The van der Waals surface area contributed by atoms with Crippen LogP contribution in [0.4, 0.5) is 0 Å². The molecule has 0 N–H and O–H groups in total. The topological polar surface area (TPSA) is 29.5 Å². The van der Waals surface area contributed by atoms with Crippen molar-refractivity contribution in [2.75, 3.05) is 19.7 Å². The van der Waals surface area contributed by atoms with Crippen LogP contribution in [-0.4, -0.2) is 30.5 Å². The molecule has 1 atom stereocenters. The van der Waals surface area contributed by atoms with Crippen molar-refractivity contribution in [1.29, 1.82) is 0 Å². The van der Waals surface area contributed by atoms with Gasteiger partial charge in [0.2, 0.25) is 0 Å². The van der Waals surface area contributed by atoms with Gasteiger partial charge in [-0.2, -0.15) is 0 Å². The predicted molar refractivity (Wildman–Crippen MR) is 67.3 cm³/mol. The number of ether oxygens (including phenoxy) is 1. The highest BCUT2D eigenvalue weighted by Gasteiger charge is 2.23. The summed E-state index contributed by atoms with van der Waals surface area (Å²) in [6, 6.07) is 7.03. The van der Waals surface area contributed by atoms with E-state index in [4.69, 9.17) is 16.3 Å². The molecule has 3 nitrogen and oxygen atoms in total. The highest BCUT2D eigenvalue weighted by molar-refractivity contribution is 6.30. The molecule has 1 aliphatic rings. The molecule has 1 aliphatic heterocycles. The first-order valence-corrected chi connectivity index (χ1v) is 6.19. The summed E-state index contributed by atoms with van der Waals surface area (Å²) in [6.07, 6.45) is 1.09. The van der Waals surface area contributed by atoms with Gasteiger partial charge in [-0.1, -0.05) is 18.5 Å². The molecular weight excluding hydrogens is 238 g/mol. The van der Waals surface area contributed by atoms with E-state index in [9.17, 15) is 4.79 Å². The molecule has 1 amide bonds. The van der Waals surface area contributed by atoms with E-state index in [0.29, 0.717) is 16.7 Å². The lowest BCUT2D eigenvalue weighted by molar-refractivity contribution is -0.132. The zero-order chi connectivity index (χ0) is 12.3. The first-order chi connectivity index (χ1) is 8.15. The van der Waals surface area contributed by atoms with Crippen LogP contribution in [0, 0.1) is 5.92 Å². The first kappa shape index (κ1) is 12.2. The van der Waals surface area contributed by atoms with Crippen LogP contribution in [-0.2, 0) is 4.79 Å². The van der Waals surface area contributed by atoms with Crippen LogP contribution in [0.25, 0.3) is 0 Å². The van der Waals surface area contributed by atoms with Gasteiger partial charge in [-0.15, -0.1) is 0 Å². The SMILES string of the molecule is CC1CCN(C(=O)COc2ccc(Cl)cc2)C1. The third-order valence-electron chi connectivity index (χ3n) is 2.95. The Kier molecular flexibility index (Phi) is 3.89. The van der Waals surface area contributed by atoms with Crippen LogP contribution in [0.3, 0.4) is 0 Å². The number of rotatable bonds is 3. The van der Waals surface area contributed by atoms with Gasteiger partial charge in [0.1, 0.15) is 5.75 Å². The number of carbonyl (C=O) groups excluding carboxylic acids is 1. The van der Waals surface area contributed by atoms with Crippen molar-refractivity contribution in [3.63, 3.8) is 0 Å². The van der Waals surface area contributed by atoms with E-state index in [2.05, 4.69) is 6.92 Å². The highest BCUT2D eigenvalue weighted by atomic mass is 35.5. The second kappa shape index (κ2) is 5.41. The molecule has 1 heterocycles. The summed E-state index contributed by atoms with van der Waals surface area (Å²) in [5, 5.41) is 0.664. The van der Waals surface area contributed by atoms with Gasteiger partial charge in [0.15, 0.2) is 6.61 Å². The van der Waals surface area contributed by atoms with Gasteiger partial charge < -0.3 is 9.64 Å². The molecule has 0 bridgehead atoms. The summed E-state index contributed by atoms with van der Waals surface area (Å²) in [4.78, 5) is 13.7. The number of likely N-dealkylation sites (tertiary alicyclic amines) is 1. The Labute approximate surface area is 106 Å². The number of carbonyl (C=O) groups is 1. The van der Waals surface area contributed by atoms with Crippen LogP contribution < -0.4 is 4.74 Å². The Balaban J connectivity index is 1.82. The van der Waals surface area contributed by atoms with Crippen LogP contribution in [0.5, 0.6) is 5.75 Å². The highest BCUT2D eigenvalue weighted by Crippen LogP contribution is 2.17. The number of nitrogens with zero attached hydrogens (tertiary/aromatic N) is 1. The molecular formula is C13H16ClNO2. The van der Waals surface area contributed by atoms with Gasteiger partial charge in [-0.3, -0.25) is 4.79 Å². The Hall–Kier alpha value is -1.22. The second-order valence-corrected chi connectivity index (χ2v) is 4.91. The number of amides is 1. The number of halogens is 1. The fraction of sp³-hybridized carbons (Fsp3) is 0.462. The smallest absolute Gasteiger partial charge is 0.260 e. The molecule has 17 heavy (non-hydrogen) atoms. The minimum absolute atomic E-state index is 0.0595. The van der Waals surface area contributed by atoms with E-state index in [1.54, 1.807) is 24.3 Å². The van der Waals surface area contributed by atoms with Gasteiger partial charge in [0, 0.05) is 18.1 Å². The lowest BCUT2D eigenvalue weighted by atomic mass is 10.2. The molecule has 4 heteroatoms. The standard InChI is InChI=1S/C13H16ClNO2/c1-10-6-7-15(8-10)13(16)9-17-12-4-2-11(14)3-5-12/h2-5,10H,6-9H2,1H3. The molecule has 0 aromatic heterocycles. The molecule has 0 spiro atoms. The van der Waals surface area contributed by atoms with E-state index in [-0.39, 0.29) is 12.5 Å². The lowest BCUT2D eigenvalue weighted by Crippen LogP contribution is -2.32. The fourth-order valence-electron chi connectivity index (χ4n) is 1.93. The zero-order valence-corrected chi connectivity index (χ0v) is 10.6. The van der Waals surface area contributed by atoms with E-state index in [1.165, 1.54) is 0 Å². The van der Waals surface area contributed by atoms with Gasteiger partial charge in [0.25, 0.3) is 5.91 Å². The maximum Gasteiger partial charge on any atom is 0.260 e. The van der Waals surface area contributed by atoms with E-state index in [0.717, 1.165) is 19.5 Å². The summed E-state index contributed by atoms with van der Waals surface area (Å²) < 4.78 is 5.42. The van der Waals surface area contributed by atoms with Crippen molar-refractivity contribution < 1.29 is 9.53 Å². The second-order valence-electron chi connectivity index (χ2n) is 4.48. The van der Waals surface area contributed by atoms with Crippen LogP contribution in [0.2, 0.25) is 5.02 Å². The van der Waals surface area contributed by atoms with E-state index < -0.39 is 0 Å². The summed E-state index contributed by atoms with van der Waals surface area (Å²) in [6.45, 7) is 3.97. The molecule has 1 unspecified atom stereocenters. The lowest BCUT2D eigenvalue weighted by Gasteiger charge is -2.16.